The zero-order valence-corrected chi connectivity index (χ0v) is 56.8. The largest absolute Gasteiger partial charge is 0.454 e. The Balaban J connectivity index is 2.57. The number of ether oxygens (including phenoxy) is 3. The molecule has 510 valence electrons. The number of unbranched alkanes of at least 4 members (excludes halogenated alkanes) is 37. The lowest BCUT2D eigenvalue weighted by atomic mass is 9.99. The van der Waals surface area contributed by atoms with Crippen LogP contribution in [0.1, 0.15) is 329 Å². The Kier molecular flexibility index (Phi) is 60.2. The van der Waals surface area contributed by atoms with Crippen LogP contribution in [0.4, 0.5) is 0 Å². The minimum Gasteiger partial charge on any atom is -0.454 e. The van der Waals surface area contributed by atoms with Crippen molar-refractivity contribution >= 4 is 11.9 Å². The van der Waals surface area contributed by atoms with E-state index in [4.69, 9.17) is 14.2 Å². The topological polar surface area (TPSA) is 175 Å². The number of allylic oxidation sites excluding steroid dienone is 13. The second-order valence-electron chi connectivity index (χ2n) is 25.3. The maximum absolute atomic E-state index is 13.5. The van der Waals surface area contributed by atoms with Gasteiger partial charge in [-0.2, -0.15) is 0 Å². The summed E-state index contributed by atoms with van der Waals surface area (Å²) in [6.07, 6.45) is 74.9. The van der Waals surface area contributed by atoms with E-state index in [1.54, 1.807) is 6.08 Å². The maximum atomic E-state index is 13.5. The summed E-state index contributed by atoms with van der Waals surface area (Å²) < 4.78 is 17.7. The standard InChI is InChI=1S/C77H137NO10/c1-4-7-10-13-16-19-22-25-27-29-31-33-35-37-38-40-42-44-46-49-52-55-58-61-64-70(81)76(85)78-68(69(80)63-60-57-54-51-48-24-21-18-15-12-9-6-3)67-86-77-75(74(84)73(83)71(66-79)87-77)88-72(82)65-62-59-56-53-50-47-45-43-41-39-36-34-32-30-28-26-23-20-17-14-11-8-5-2/h8,11,17,20,26,28,32,34,39,41,45,47,60,63,68-71,73-75,77,79-81,83-84H,4-7,9-10,12-16,18-19,21-25,27,29-31,33,35-38,40,42-44,46,48-59,61-62,64-67H2,1-3H3,(H,78,85)/b11-8-,20-17-,28-26-,34-32-,41-39-,47-45-,63-60+. The molecule has 1 fully saturated rings. The lowest BCUT2D eigenvalue weighted by molar-refractivity contribution is -0.305. The quantitative estimate of drug-likeness (QED) is 0.0195. The first-order chi connectivity index (χ1) is 43.2. The van der Waals surface area contributed by atoms with Gasteiger partial charge >= 0.3 is 5.97 Å². The molecular formula is C77H137NO10. The number of hydrogen-bond acceptors (Lipinski definition) is 10. The number of rotatable bonds is 63. The molecule has 0 bridgehead atoms. The summed E-state index contributed by atoms with van der Waals surface area (Å²) in [4.78, 5) is 26.7. The number of aliphatic hydroxyl groups excluding tert-OH is 5. The molecule has 0 radical (unpaired) electrons. The van der Waals surface area contributed by atoms with Crippen molar-refractivity contribution in [1.82, 2.24) is 5.32 Å². The van der Waals surface area contributed by atoms with E-state index in [0.29, 0.717) is 19.3 Å². The zero-order valence-electron chi connectivity index (χ0n) is 56.8. The third-order valence-electron chi connectivity index (χ3n) is 17.1. The molecule has 1 aliphatic heterocycles. The highest BCUT2D eigenvalue weighted by Gasteiger charge is 2.47. The van der Waals surface area contributed by atoms with E-state index in [9.17, 15) is 35.1 Å². The van der Waals surface area contributed by atoms with Gasteiger partial charge in [0.1, 0.15) is 24.4 Å². The fourth-order valence-electron chi connectivity index (χ4n) is 11.3. The SMILES string of the molecule is CC/C=C\C/C=C\C/C=C\C/C=C\C/C=C\C/C=C\CCCCCCC(=O)OC1C(OCC(NC(=O)C(O)CCCCCCCCCCCCCCCCCCCCCCCCCC)C(O)/C=C/CCCCCCCCCCCC)OC(CO)C(O)C1O. The summed E-state index contributed by atoms with van der Waals surface area (Å²) in [6.45, 7) is 5.70. The van der Waals surface area contributed by atoms with Gasteiger partial charge in [0.2, 0.25) is 5.91 Å². The van der Waals surface area contributed by atoms with Crippen molar-refractivity contribution in [3.05, 3.63) is 85.1 Å². The van der Waals surface area contributed by atoms with Crippen molar-refractivity contribution in [2.75, 3.05) is 13.2 Å². The molecule has 1 amide bonds. The number of hydrogen-bond donors (Lipinski definition) is 6. The van der Waals surface area contributed by atoms with Crippen molar-refractivity contribution in [1.29, 1.82) is 0 Å². The molecule has 0 aromatic carbocycles. The first kappa shape index (κ1) is 82.9. The summed E-state index contributed by atoms with van der Waals surface area (Å²) in [6, 6.07) is -1.03. The summed E-state index contributed by atoms with van der Waals surface area (Å²) in [5, 5.41) is 57.3. The Hall–Kier alpha value is -3.16. The Bertz CT molecular complexity index is 1760. The van der Waals surface area contributed by atoms with Gasteiger partial charge in [0, 0.05) is 6.42 Å². The molecule has 0 spiro atoms. The van der Waals surface area contributed by atoms with Gasteiger partial charge < -0.3 is 45.1 Å². The van der Waals surface area contributed by atoms with Gasteiger partial charge in [0.15, 0.2) is 12.4 Å². The minimum atomic E-state index is -1.63. The van der Waals surface area contributed by atoms with Gasteiger partial charge in [-0.1, -0.05) is 331 Å². The monoisotopic (exact) mass is 1240 g/mol. The highest BCUT2D eigenvalue weighted by molar-refractivity contribution is 5.80. The van der Waals surface area contributed by atoms with Crippen LogP contribution in [0.5, 0.6) is 0 Å². The molecule has 8 atom stereocenters. The summed E-state index contributed by atoms with van der Waals surface area (Å²) >= 11 is 0. The van der Waals surface area contributed by atoms with E-state index < -0.39 is 67.4 Å². The van der Waals surface area contributed by atoms with Crippen LogP contribution >= 0.6 is 0 Å². The molecule has 8 unspecified atom stereocenters. The van der Waals surface area contributed by atoms with Gasteiger partial charge in [-0.25, -0.2) is 0 Å². The van der Waals surface area contributed by atoms with Crippen molar-refractivity contribution in [3.8, 4) is 0 Å². The Morgan fingerprint density at radius 3 is 1.23 bits per heavy atom. The molecule has 11 nitrogen and oxygen atoms in total. The molecule has 6 N–H and O–H groups in total. The predicted molar refractivity (Wildman–Crippen MR) is 370 cm³/mol. The molecule has 0 aromatic rings. The maximum Gasteiger partial charge on any atom is 0.306 e. The van der Waals surface area contributed by atoms with Crippen LogP contribution in [-0.2, 0) is 23.8 Å². The molecule has 0 aromatic heterocycles. The van der Waals surface area contributed by atoms with E-state index in [2.05, 4.69) is 99.0 Å². The van der Waals surface area contributed by atoms with Crippen molar-refractivity contribution in [3.63, 3.8) is 0 Å². The third-order valence-corrected chi connectivity index (χ3v) is 17.1. The van der Waals surface area contributed by atoms with E-state index in [0.717, 1.165) is 103 Å². The van der Waals surface area contributed by atoms with E-state index in [1.165, 1.54) is 180 Å². The zero-order chi connectivity index (χ0) is 63.9. The smallest absolute Gasteiger partial charge is 0.306 e. The number of carbonyl (C=O) groups is 2. The van der Waals surface area contributed by atoms with Gasteiger partial charge in [0.05, 0.1) is 25.4 Å². The molecular weight excluding hydrogens is 1100 g/mol. The highest BCUT2D eigenvalue weighted by Crippen LogP contribution is 2.26. The van der Waals surface area contributed by atoms with Gasteiger partial charge in [-0.15, -0.1) is 0 Å². The van der Waals surface area contributed by atoms with Crippen LogP contribution in [0.15, 0.2) is 85.1 Å². The summed E-state index contributed by atoms with van der Waals surface area (Å²) in [5.74, 6) is -1.21. The van der Waals surface area contributed by atoms with Crippen molar-refractivity contribution in [2.45, 2.75) is 378 Å². The number of nitrogens with one attached hydrogen (secondary N) is 1. The number of amides is 1. The lowest BCUT2D eigenvalue weighted by Crippen LogP contribution is -2.61. The Morgan fingerprint density at radius 1 is 0.455 bits per heavy atom. The third kappa shape index (κ3) is 50.5. The van der Waals surface area contributed by atoms with E-state index in [1.807, 2.05) is 6.08 Å². The highest BCUT2D eigenvalue weighted by atomic mass is 16.7. The molecule has 11 heteroatoms. The van der Waals surface area contributed by atoms with Crippen molar-refractivity contribution in [2.24, 2.45) is 0 Å². The van der Waals surface area contributed by atoms with E-state index in [-0.39, 0.29) is 13.0 Å². The van der Waals surface area contributed by atoms with Crippen LogP contribution in [0.25, 0.3) is 0 Å². The second kappa shape index (κ2) is 64.0. The van der Waals surface area contributed by atoms with Crippen LogP contribution < -0.4 is 5.32 Å². The normalized spacial score (nSPS) is 18.7. The molecule has 1 heterocycles. The lowest BCUT2D eigenvalue weighted by Gasteiger charge is -2.41. The average molecular weight is 1240 g/mol. The number of aliphatic hydroxyl groups is 5. The fourth-order valence-corrected chi connectivity index (χ4v) is 11.3. The van der Waals surface area contributed by atoms with Crippen LogP contribution in [0.3, 0.4) is 0 Å². The molecule has 1 rings (SSSR count). The molecule has 1 aliphatic rings. The second-order valence-corrected chi connectivity index (χ2v) is 25.3. The molecule has 0 aliphatic carbocycles. The number of esters is 1. The first-order valence-electron chi connectivity index (χ1n) is 36.9. The van der Waals surface area contributed by atoms with Gasteiger partial charge in [0.25, 0.3) is 0 Å². The van der Waals surface area contributed by atoms with Gasteiger partial charge in [-0.3, -0.25) is 9.59 Å². The molecule has 1 saturated heterocycles. The van der Waals surface area contributed by atoms with Crippen LogP contribution in [0, 0.1) is 0 Å². The minimum absolute atomic E-state index is 0.0914. The fraction of sp³-hybridized carbons (Fsp3) is 0.792. The first-order valence-corrected chi connectivity index (χ1v) is 36.9. The molecule has 88 heavy (non-hydrogen) atoms. The number of carbonyl (C=O) groups excluding carboxylic acids is 2. The Morgan fingerprint density at radius 2 is 0.818 bits per heavy atom. The van der Waals surface area contributed by atoms with Gasteiger partial charge in [-0.05, 0) is 77.0 Å². The van der Waals surface area contributed by atoms with E-state index >= 15 is 0 Å². The summed E-state index contributed by atoms with van der Waals surface area (Å²) in [7, 11) is 0. The Labute approximate surface area is 540 Å². The summed E-state index contributed by atoms with van der Waals surface area (Å²) in [5.41, 5.74) is 0. The van der Waals surface area contributed by atoms with Crippen molar-refractivity contribution < 1.29 is 49.3 Å². The average Bonchev–Trinajstić information content (AvgIpc) is 2.54. The van der Waals surface area contributed by atoms with Crippen LogP contribution in [0.2, 0.25) is 0 Å². The molecule has 0 saturated carbocycles. The van der Waals surface area contributed by atoms with Crippen LogP contribution in [-0.4, -0.2) is 99.6 Å². The predicted octanol–water partition coefficient (Wildman–Crippen LogP) is 19.2.